The lowest BCUT2D eigenvalue weighted by Crippen LogP contribution is -2.14. The predicted molar refractivity (Wildman–Crippen MR) is 106 cm³/mol. The maximum absolute atomic E-state index is 12.4. The molecule has 0 saturated carbocycles. The van der Waals surface area contributed by atoms with Crippen molar-refractivity contribution in [3.63, 3.8) is 0 Å². The maximum Gasteiger partial charge on any atom is 0.278 e. The van der Waals surface area contributed by atoms with Gasteiger partial charge in [-0.05, 0) is 23.3 Å². The number of hydrogen-bond acceptors (Lipinski definition) is 3. The Hall–Kier alpha value is -3.12. The van der Waals surface area contributed by atoms with Crippen LogP contribution in [0.25, 0.3) is 10.8 Å². The number of hydrogen-bond donors (Lipinski definition) is 1. The van der Waals surface area contributed by atoms with Gasteiger partial charge < -0.3 is 5.32 Å². The smallest absolute Gasteiger partial charge is 0.278 e. The second-order valence-electron chi connectivity index (χ2n) is 6.36. The van der Waals surface area contributed by atoms with Crippen LogP contribution in [-0.4, -0.2) is 25.5 Å². The van der Waals surface area contributed by atoms with Gasteiger partial charge >= 0.3 is 0 Å². The average Bonchev–Trinajstić information content (AvgIpc) is 3.21. The molecule has 0 aliphatic heterocycles. The lowest BCUT2D eigenvalue weighted by Gasteiger charge is -2.07. The minimum Gasteiger partial charge on any atom is -0.304 e. The van der Waals surface area contributed by atoms with Crippen molar-refractivity contribution in [2.24, 2.45) is 7.05 Å². The van der Waals surface area contributed by atoms with Crippen LogP contribution in [0.3, 0.4) is 0 Å². The fourth-order valence-corrected chi connectivity index (χ4v) is 3.27. The van der Waals surface area contributed by atoms with Gasteiger partial charge in [-0.25, -0.2) is 0 Å². The van der Waals surface area contributed by atoms with Crippen LogP contribution in [0, 0.1) is 6.92 Å². The van der Waals surface area contributed by atoms with Gasteiger partial charge in [-0.3, -0.25) is 14.2 Å². The monoisotopic (exact) mass is 379 g/mol. The molecule has 0 atom stereocenters. The van der Waals surface area contributed by atoms with Crippen molar-refractivity contribution in [1.29, 1.82) is 0 Å². The summed E-state index contributed by atoms with van der Waals surface area (Å²) in [6, 6.07) is 16.2. The number of carbonyl (C=O) groups excluding carboxylic acids is 1. The molecule has 6 nitrogen and oxygen atoms in total. The molecule has 4 aromatic rings. The van der Waals surface area contributed by atoms with Crippen LogP contribution in [0.1, 0.15) is 21.7 Å². The summed E-state index contributed by atoms with van der Waals surface area (Å²) in [6.07, 6.45) is 1.84. The summed E-state index contributed by atoms with van der Waals surface area (Å²) in [7, 11) is 1.75. The molecule has 0 saturated heterocycles. The van der Waals surface area contributed by atoms with E-state index in [1.165, 1.54) is 10.8 Å². The Labute approximate surface area is 161 Å². The largest absolute Gasteiger partial charge is 0.304 e. The summed E-state index contributed by atoms with van der Waals surface area (Å²) in [5.74, 6) is 0.0821. The van der Waals surface area contributed by atoms with Crippen molar-refractivity contribution in [3.05, 3.63) is 76.7 Å². The molecule has 27 heavy (non-hydrogen) atoms. The third-order valence-corrected chi connectivity index (χ3v) is 5.02. The first kappa shape index (κ1) is 17.3. The van der Waals surface area contributed by atoms with Gasteiger partial charge in [0.05, 0.1) is 17.3 Å². The minimum absolute atomic E-state index is 0.195. The number of nitrogens with zero attached hydrogens (tertiary/aromatic N) is 4. The molecule has 7 heteroatoms. The molecule has 0 bridgehead atoms. The molecule has 2 heterocycles. The van der Waals surface area contributed by atoms with Crippen LogP contribution in [0.5, 0.6) is 0 Å². The second kappa shape index (κ2) is 6.89. The Balaban J connectivity index is 1.53. The van der Waals surface area contributed by atoms with Crippen LogP contribution in [0.15, 0.2) is 54.7 Å². The van der Waals surface area contributed by atoms with Crippen molar-refractivity contribution in [2.45, 2.75) is 13.5 Å². The second-order valence-corrected chi connectivity index (χ2v) is 6.74. The molecule has 1 N–H and O–H groups in total. The minimum atomic E-state index is -0.376. The summed E-state index contributed by atoms with van der Waals surface area (Å²) in [5.41, 5.74) is 2.10. The van der Waals surface area contributed by atoms with E-state index in [4.69, 9.17) is 11.6 Å². The zero-order valence-electron chi connectivity index (χ0n) is 15.0. The van der Waals surface area contributed by atoms with E-state index in [9.17, 15) is 4.79 Å². The first-order valence-corrected chi connectivity index (χ1v) is 8.91. The number of rotatable bonds is 4. The number of fused-ring (bicyclic) bond motifs is 1. The molecular weight excluding hydrogens is 362 g/mol. The molecule has 4 rings (SSSR count). The quantitative estimate of drug-likeness (QED) is 0.582. The van der Waals surface area contributed by atoms with Gasteiger partial charge in [0.2, 0.25) is 0 Å². The lowest BCUT2D eigenvalue weighted by atomic mass is 10.0. The Morgan fingerprint density at radius 3 is 2.67 bits per heavy atom. The first-order valence-electron chi connectivity index (χ1n) is 8.53. The van der Waals surface area contributed by atoms with Gasteiger partial charge in [-0.1, -0.05) is 54.1 Å². The number of benzene rings is 2. The highest BCUT2D eigenvalue weighted by molar-refractivity contribution is 6.34. The molecule has 0 fully saturated rings. The van der Waals surface area contributed by atoms with Gasteiger partial charge in [0.25, 0.3) is 5.91 Å². The molecule has 0 aliphatic carbocycles. The van der Waals surface area contributed by atoms with Gasteiger partial charge in [-0.2, -0.15) is 10.2 Å². The zero-order chi connectivity index (χ0) is 19.0. The summed E-state index contributed by atoms with van der Waals surface area (Å²) in [6.45, 7) is 2.42. The Morgan fingerprint density at radius 1 is 1.11 bits per heavy atom. The van der Waals surface area contributed by atoms with E-state index in [1.807, 2.05) is 31.3 Å². The molecular formula is C20H18ClN5O. The molecule has 1 amide bonds. The molecule has 0 aliphatic rings. The van der Waals surface area contributed by atoms with Gasteiger partial charge in [0.1, 0.15) is 0 Å². The van der Waals surface area contributed by atoms with Crippen LogP contribution in [0.4, 0.5) is 5.82 Å². The van der Waals surface area contributed by atoms with E-state index >= 15 is 0 Å². The fourth-order valence-electron chi connectivity index (χ4n) is 3.02. The highest BCUT2D eigenvalue weighted by Crippen LogP contribution is 2.21. The topological polar surface area (TPSA) is 64.7 Å². The average molecular weight is 380 g/mol. The van der Waals surface area contributed by atoms with Crippen molar-refractivity contribution in [2.75, 3.05) is 5.32 Å². The highest BCUT2D eigenvalue weighted by atomic mass is 35.5. The number of carbonyl (C=O) groups is 1. The summed E-state index contributed by atoms with van der Waals surface area (Å²) in [4.78, 5) is 12.4. The fraction of sp³-hybridized carbons (Fsp3) is 0.150. The van der Waals surface area contributed by atoms with Crippen molar-refractivity contribution >= 4 is 34.1 Å². The van der Waals surface area contributed by atoms with Gasteiger partial charge in [0.15, 0.2) is 11.5 Å². The molecule has 0 radical (unpaired) electrons. The number of aryl methyl sites for hydroxylation is 1. The number of nitrogens with one attached hydrogen (secondary N) is 1. The van der Waals surface area contributed by atoms with Crippen molar-refractivity contribution in [1.82, 2.24) is 19.6 Å². The molecule has 136 valence electrons. The molecule has 2 aromatic heterocycles. The predicted octanol–water partition coefficient (Wildman–Crippen LogP) is 4.03. The third-order valence-electron chi connectivity index (χ3n) is 4.57. The van der Waals surface area contributed by atoms with Crippen LogP contribution >= 0.6 is 11.6 Å². The normalized spacial score (nSPS) is 11.1. The zero-order valence-corrected chi connectivity index (χ0v) is 15.7. The van der Waals surface area contributed by atoms with E-state index in [0.29, 0.717) is 17.4 Å². The Morgan fingerprint density at radius 2 is 1.89 bits per heavy atom. The maximum atomic E-state index is 12.4. The SMILES string of the molecule is Cc1c(Cl)c(C(=O)Nc2ccn(Cc3cccc4ccccc34)n2)nn1C. The van der Waals surface area contributed by atoms with Crippen LogP contribution in [0.2, 0.25) is 5.02 Å². The van der Waals surface area contributed by atoms with E-state index < -0.39 is 0 Å². The van der Waals surface area contributed by atoms with Crippen molar-refractivity contribution < 1.29 is 4.79 Å². The third kappa shape index (κ3) is 3.31. The van der Waals surface area contributed by atoms with Crippen LogP contribution < -0.4 is 5.32 Å². The highest BCUT2D eigenvalue weighted by Gasteiger charge is 2.19. The molecule has 2 aromatic carbocycles. The summed E-state index contributed by atoms with van der Waals surface area (Å²) >= 11 is 6.17. The lowest BCUT2D eigenvalue weighted by molar-refractivity contribution is 0.102. The first-order chi connectivity index (χ1) is 13.0. The van der Waals surface area contributed by atoms with Crippen LogP contribution in [-0.2, 0) is 13.6 Å². The number of aromatic nitrogens is 4. The van der Waals surface area contributed by atoms with Gasteiger partial charge in [0, 0.05) is 19.3 Å². The number of anilines is 1. The standard InChI is InChI=1S/C20H18ClN5O/c1-13-18(21)19(24-25(13)2)20(27)22-17-10-11-26(23-17)12-15-8-5-7-14-6-3-4-9-16(14)15/h3-11H,12H2,1-2H3,(H,22,23,27). The number of amides is 1. The van der Waals surface area contributed by atoms with E-state index in [1.54, 1.807) is 22.5 Å². The molecule has 0 spiro atoms. The number of halogens is 1. The van der Waals surface area contributed by atoms with Gasteiger partial charge in [-0.15, -0.1) is 0 Å². The van der Waals surface area contributed by atoms with E-state index in [2.05, 4.69) is 39.8 Å². The summed E-state index contributed by atoms with van der Waals surface area (Å²) < 4.78 is 3.37. The van der Waals surface area contributed by atoms with E-state index in [-0.39, 0.29) is 11.6 Å². The summed E-state index contributed by atoms with van der Waals surface area (Å²) in [5, 5.41) is 14.1. The Bertz CT molecular complexity index is 1140. The Kier molecular flexibility index (Phi) is 4.41. The molecule has 0 unspecified atom stereocenters. The van der Waals surface area contributed by atoms with E-state index in [0.717, 1.165) is 11.3 Å². The van der Waals surface area contributed by atoms with Crippen molar-refractivity contribution in [3.8, 4) is 0 Å².